The number of thiazole rings is 1. The number of hydrogen-bond acceptors (Lipinski definition) is 5. The molecule has 0 atom stereocenters. The Kier molecular flexibility index (Phi) is 3.28. The molecule has 0 spiro atoms. The zero-order chi connectivity index (χ0) is 13.4. The summed E-state index contributed by atoms with van der Waals surface area (Å²) in [4.78, 5) is 18.2. The van der Waals surface area contributed by atoms with Gasteiger partial charge in [-0.2, -0.15) is 11.3 Å². The van der Waals surface area contributed by atoms with Gasteiger partial charge in [-0.3, -0.25) is 0 Å². The molecule has 2 heterocycles. The molecule has 0 bridgehead atoms. The van der Waals surface area contributed by atoms with Gasteiger partial charge in [0.05, 0.1) is 5.69 Å². The highest BCUT2D eigenvalue weighted by atomic mass is 32.1. The fourth-order valence-corrected chi connectivity index (χ4v) is 3.61. The molecule has 0 radical (unpaired) electrons. The number of carbonyl (C=O) groups is 1. The fraction of sp³-hybridized carbons (Fsp3) is 0.385. The summed E-state index contributed by atoms with van der Waals surface area (Å²) in [5, 5.41) is 14.2. The van der Waals surface area contributed by atoms with E-state index in [2.05, 4.69) is 16.4 Å². The third-order valence-corrected chi connectivity index (χ3v) is 5.03. The van der Waals surface area contributed by atoms with Crippen molar-refractivity contribution in [2.45, 2.75) is 25.3 Å². The summed E-state index contributed by atoms with van der Waals surface area (Å²) in [7, 11) is 1.96. The van der Waals surface area contributed by atoms with Crippen LogP contribution in [-0.2, 0) is 6.54 Å². The second kappa shape index (κ2) is 4.94. The molecular formula is C13H14N2O2S2. The van der Waals surface area contributed by atoms with Crippen LogP contribution in [0, 0.1) is 0 Å². The van der Waals surface area contributed by atoms with Gasteiger partial charge in [0.1, 0.15) is 4.88 Å². The van der Waals surface area contributed by atoms with Crippen LogP contribution in [-0.4, -0.2) is 23.1 Å². The molecule has 0 amide bonds. The van der Waals surface area contributed by atoms with Crippen molar-refractivity contribution >= 4 is 33.8 Å². The van der Waals surface area contributed by atoms with Crippen molar-refractivity contribution in [2.75, 3.05) is 11.9 Å². The number of aromatic carboxylic acids is 1. The molecular weight excluding hydrogens is 280 g/mol. The molecule has 0 aliphatic heterocycles. The first-order chi connectivity index (χ1) is 9.15. The minimum Gasteiger partial charge on any atom is -0.477 e. The van der Waals surface area contributed by atoms with Gasteiger partial charge in [0.15, 0.2) is 5.13 Å². The van der Waals surface area contributed by atoms with Crippen molar-refractivity contribution in [2.24, 2.45) is 0 Å². The molecule has 0 saturated heterocycles. The van der Waals surface area contributed by atoms with E-state index < -0.39 is 5.97 Å². The van der Waals surface area contributed by atoms with Crippen LogP contribution in [0.2, 0.25) is 0 Å². The summed E-state index contributed by atoms with van der Waals surface area (Å²) >= 11 is 2.95. The Morgan fingerprint density at radius 3 is 2.95 bits per heavy atom. The van der Waals surface area contributed by atoms with E-state index in [9.17, 15) is 9.90 Å². The van der Waals surface area contributed by atoms with Crippen molar-refractivity contribution in [3.05, 3.63) is 33.0 Å². The lowest BCUT2D eigenvalue weighted by atomic mass is 10.2. The van der Waals surface area contributed by atoms with Crippen LogP contribution in [0.25, 0.3) is 0 Å². The fourth-order valence-electron chi connectivity index (χ4n) is 1.99. The van der Waals surface area contributed by atoms with E-state index in [0.29, 0.717) is 10.8 Å². The Morgan fingerprint density at radius 2 is 2.37 bits per heavy atom. The number of aromatic nitrogens is 1. The maximum absolute atomic E-state index is 11.3. The number of nitrogens with zero attached hydrogens (tertiary/aromatic N) is 2. The zero-order valence-corrected chi connectivity index (χ0v) is 12.1. The van der Waals surface area contributed by atoms with E-state index in [-0.39, 0.29) is 0 Å². The molecule has 6 heteroatoms. The SMILES string of the molecule is CN(Cc1ccsc1)c1nc(C2CC2)c(C(=O)O)s1. The largest absolute Gasteiger partial charge is 0.477 e. The molecule has 0 aromatic carbocycles. The van der Waals surface area contributed by atoms with Gasteiger partial charge in [-0.05, 0) is 35.2 Å². The van der Waals surface area contributed by atoms with Crippen molar-refractivity contribution < 1.29 is 9.90 Å². The van der Waals surface area contributed by atoms with Gasteiger partial charge in [0, 0.05) is 19.5 Å². The van der Waals surface area contributed by atoms with Gasteiger partial charge in [0.25, 0.3) is 0 Å². The van der Waals surface area contributed by atoms with Crippen molar-refractivity contribution in [3.8, 4) is 0 Å². The molecule has 1 saturated carbocycles. The molecule has 1 N–H and O–H groups in total. The summed E-state index contributed by atoms with van der Waals surface area (Å²) in [5.74, 6) is -0.486. The van der Waals surface area contributed by atoms with Gasteiger partial charge in [-0.15, -0.1) is 0 Å². The average Bonchev–Trinajstić information content (AvgIpc) is 2.92. The number of thiophene rings is 1. The topological polar surface area (TPSA) is 53.4 Å². The van der Waals surface area contributed by atoms with Gasteiger partial charge in [-0.25, -0.2) is 9.78 Å². The number of carboxylic acid groups (broad SMARTS) is 1. The Labute approximate surface area is 119 Å². The van der Waals surface area contributed by atoms with Crippen LogP contribution in [0.5, 0.6) is 0 Å². The molecule has 1 aliphatic carbocycles. The number of hydrogen-bond donors (Lipinski definition) is 1. The lowest BCUT2D eigenvalue weighted by molar-refractivity contribution is 0.0700. The standard InChI is InChI=1S/C13H14N2O2S2/c1-15(6-8-4-5-18-7-8)13-14-10(9-2-3-9)11(19-13)12(16)17/h4-5,7,9H,2-3,6H2,1H3,(H,16,17). The number of carboxylic acids is 1. The normalized spacial score (nSPS) is 14.6. The second-order valence-corrected chi connectivity index (χ2v) is 6.54. The molecule has 1 fully saturated rings. The van der Waals surface area contributed by atoms with Crippen LogP contribution < -0.4 is 4.90 Å². The highest BCUT2D eigenvalue weighted by Gasteiger charge is 2.32. The summed E-state index contributed by atoms with van der Waals surface area (Å²) in [6.07, 6.45) is 2.13. The van der Waals surface area contributed by atoms with Crippen LogP contribution in [0.1, 0.15) is 39.7 Å². The Morgan fingerprint density at radius 1 is 1.58 bits per heavy atom. The van der Waals surface area contributed by atoms with E-state index in [4.69, 9.17) is 0 Å². The van der Waals surface area contributed by atoms with Crippen molar-refractivity contribution in [1.82, 2.24) is 4.98 Å². The third-order valence-electron chi connectivity index (χ3n) is 3.13. The van der Waals surface area contributed by atoms with Gasteiger partial charge in [-0.1, -0.05) is 11.3 Å². The Hall–Kier alpha value is -1.40. The zero-order valence-electron chi connectivity index (χ0n) is 10.5. The highest BCUT2D eigenvalue weighted by molar-refractivity contribution is 7.17. The number of rotatable bonds is 5. The smallest absolute Gasteiger partial charge is 0.347 e. The maximum atomic E-state index is 11.3. The molecule has 100 valence electrons. The second-order valence-electron chi connectivity index (χ2n) is 4.78. The Bertz CT molecular complexity index is 588. The van der Waals surface area contributed by atoms with Crippen LogP contribution in [0.15, 0.2) is 16.8 Å². The molecule has 2 aromatic rings. The minimum absolute atomic E-state index is 0.366. The lowest BCUT2D eigenvalue weighted by Gasteiger charge is -2.14. The monoisotopic (exact) mass is 294 g/mol. The van der Waals surface area contributed by atoms with E-state index in [1.54, 1.807) is 11.3 Å². The first kappa shape index (κ1) is 12.6. The minimum atomic E-state index is -0.852. The predicted octanol–water partition coefficient (Wildman–Crippen LogP) is 3.42. The Balaban J connectivity index is 1.84. The summed E-state index contributed by atoms with van der Waals surface area (Å²) in [6, 6.07) is 2.08. The summed E-state index contributed by atoms with van der Waals surface area (Å²) in [5.41, 5.74) is 2.01. The average molecular weight is 294 g/mol. The molecule has 0 unspecified atom stereocenters. The van der Waals surface area contributed by atoms with E-state index in [0.717, 1.165) is 30.2 Å². The molecule has 1 aliphatic rings. The first-order valence-electron chi connectivity index (χ1n) is 6.11. The summed E-state index contributed by atoms with van der Waals surface area (Å²) in [6.45, 7) is 0.764. The van der Waals surface area contributed by atoms with Gasteiger partial charge < -0.3 is 10.0 Å². The van der Waals surface area contributed by atoms with Crippen molar-refractivity contribution in [1.29, 1.82) is 0 Å². The molecule has 19 heavy (non-hydrogen) atoms. The maximum Gasteiger partial charge on any atom is 0.347 e. The first-order valence-corrected chi connectivity index (χ1v) is 7.87. The van der Waals surface area contributed by atoms with Gasteiger partial charge >= 0.3 is 5.97 Å². The van der Waals surface area contributed by atoms with Crippen LogP contribution in [0.4, 0.5) is 5.13 Å². The summed E-state index contributed by atoms with van der Waals surface area (Å²) < 4.78 is 0. The lowest BCUT2D eigenvalue weighted by Crippen LogP contribution is -2.15. The number of anilines is 1. The third kappa shape index (κ3) is 2.64. The van der Waals surface area contributed by atoms with E-state index >= 15 is 0 Å². The highest BCUT2D eigenvalue weighted by Crippen LogP contribution is 2.44. The molecule has 2 aromatic heterocycles. The van der Waals surface area contributed by atoms with Crippen LogP contribution in [0.3, 0.4) is 0 Å². The van der Waals surface area contributed by atoms with E-state index in [1.807, 2.05) is 17.3 Å². The van der Waals surface area contributed by atoms with Crippen molar-refractivity contribution in [3.63, 3.8) is 0 Å². The van der Waals surface area contributed by atoms with E-state index in [1.165, 1.54) is 16.9 Å². The quantitative estimate of drug-likeness (QED) is 0.918. The molecule has 4 nitrogen and oxygen atoms in total. The predicted molar refractivity (Wildman–Crippen MR) is 77.5 cm³/mol. The molecule has 3 rings (SSSR count). The van der Waals surface area contributed by atoms with Crippen LogP contribution >= 0.6 is 22.7 Å². The van der Waals surface area contributed by atoms with Gasteiger partial charge in [0.2, 0.25) is 0 Å².